The van der Waals surface area contributed by atoms with E-state index in [1.165, 1.54) is 122 Å². The number of allylic oxidation sites excluding steroid dienone is 11. The number of nitrogens with one attached hydrogen (secondary N) is 1. The normalized spacial score (nSPS) is 14.2. The van der Waals surface area contributed by atoms with Crippen molar-refractivity contribution in [1.29, 1.82) is 0 Å². The topological polar surface area (TPSA) is 114 Å². The number of likely N-dealkylation sites (N-methyl/N-ethyl adjacent to an activating group) is 1. The molecule has 424 valence electrons. The van der Waals surface area contributed by atoms with Gasteiger partial charge in [-0.3, -0.25) is 14.2 Å². The fourth-order valence-corrected chi connectivity index (χ4v) is 9.17. The van der Waals surface area contributed by atoms with Crippen molar-refractivity contribution in [2.45, 2.75) is 277 Å². The molecule has 0 bridgehead atoms. The van der Waals surface area contributed by atoms with Gasteiger partial charge in [-0.05, 0) is 96.0 Å². The lowest BCUT2D eigenvalue weighted by Gasteiger charge is -2.30. The SMILES string of the molecule is CC/C=C/C/C=C/CCCCCCCCCC(=O)OC(/C=C\CCCCCCCCCCCC)C(COP(=O)([O-])OCC[N+](C)(C)C)NC(=O)CCCCCCCCCC/C=C\C/C=C\C/C=C\CCCCC. The van der Waals surface area contributed by atoms with Crippen LogP contribution in [0, 0.1) is 0 Å². The average Bonchev–Trinajstić information content (AvgIpc) is 3.35. The Kier molecular flexibility index (Phi) is 51.0. The quantitative estimate of drug-likeness (QED) is 0.0212. The van der Waals surface area contributed by atoms with Gasteiger partial charge in [-0.2, -0.15) is 0 Å². The van der Waals surface area contributed by atoms with Gasteiger partial charge in [-0.1, -0.05) is 229 Å². The summed E-state index contributed by atoms with van der Waals surface area (Å²) in [5.41, 5.74) is 0. The first-order valence-corrected chi connectivity index (χ1v) is 31.7. The largest absolute Gasteiger partial charge is 0.756 e. The molecule has 1 amide bonds. The van der Waals surface area contributed by atoms with Crippen LogP contribution in [0.15, 0.2) is 72.9 Å². The van der Waals surface area contributed by atoms with Gasteiger partial charge in [0.25, 0.3) is 7.82 Å². The Hall–Kier alpha value is -2.55. The summed E-state index contributed by atoms with van der Waals surface area (Å²) in [6, 6.07) is -0.897. The molecular weight excluding hydrogens is 928 g/mol. The fraction of sp³-hybridized carbons (Fsp3) is 0.778. The molecule has 0 rings (SSSR count). The lowest BCUT2D eigenvalue weighted by Crippen LogP contribution is -2.47. The van der Waals surface area contributed by atoms with Gasteiger partial charge in [0, 0.05) is 12.8 Å². The predicted molar refractivity (Wildman–Crippen MR) is 312 cm³/mol. The summed E-state index contributed by atoms with van der Waals surface area (Å²) >= 11 is 0. The molecule has 0 fully saturated rings. The second kappa shape index (κ2) is 52.9. The van der Waals surface area contributed by atoms with Crippen molar-refractivity contribution in [3.63, 3.8) is 0 Å². The van der Waals surface area contributed by atoms with E-state index >= 15 is 0 Å². The Balaban J connectivity index is 5.26. The van der Waals surface area contributed by atoms with E-state index in [4.69, 9.17) is 13.8 Å². The van der Waals surface area contributed by atoms with E-state index in [1.54, 1.807) is 0 Å². The third-order valence-electron chi connectivity index (χ3n) is 13.1. The molecule has 73 heavy (non-hydrogen) atoms. The summed E-state index contributed by atoms with van der Waals surface area (Å²) in [6.07, 6.45) is 67.2. The maximum Gasteiger partial charge on any atom is 0.306 e. The molecule has 0 aliphatic carbocycles. The van der Waals surface area contributed by atoms with Crippen LogP contribution >= 0.6 is 7.82 Å². The summed E-state index contributed by atoms with van der Waals surface area (Å²) in [5.74, 6) is -0.558. The van der Waals surface area contributed by atoms with E-state index in [2.05, 4.69) is 86.8 Å². The maximum absolute atomic E-state index is 13.5. The first-order valence-electron chi connectivity index (χ1n) is 30.2. The first kappa shape index (κ1) is 70.5. The molecule has 0 aromatic rings. The molecule has 0 saturated heterocycles. The third kappa shape index (κ3) is 54.1. The lowest BCUT2D eigenvalue weighted by atomic mass is 10.0. The molecule has 0 saturated carbocycles. The molecule has 3 unspecified atom stereocenters. The molecule has 3 atom stereocenters. The van der Waals surface area contributed by atoms with Crippen LogP contribution in [0.4, 0.5) is 0 Å². The molecule has 0 radical (unpaired) electrons. The van der Waals surface area contributed by atoms with E-state index in [1.807, 2.05) is 33.3 Å². The highest BCUT2D eigenvalue weighted by Crippen LogP contribution is 2.38. The van der Waals surface area contributed by atoms with Crippen LogP contribution < -0.4 is 10.2 Å². The molecule has 1 N–H and O–H groups in total. The average molecular weight is 1040 g/mol. The Labute approximate surface area is 451 Å². The fourth-order valence-electron chi connectivity index (χ4n) is 8.45. The molecule has 0 heterocycles. The van der Waals surface area contributed by atoms with Crippen molar-refractivity contribution in [2.24, 2.45) is 0 Å². The number of hydrogen-bond acceptors (Lipinski definition) is 7. The predicted octanol–water partition coefficient (Wildman–Crippen LogP) is 17.8. The highest BCUT2D eigenvalue weighted by atomic mass is 31.2. The number of phosphoric ester groups is 1. The van der Waals surface area contributed by atoms with Gasteiger partial charge in [0.05, 0.1) is 33.8 Å². The van der Waals surface area contributed by atoms with Crippen LogP contribution in [0.5, 0.6) is 0 Å². The molecule has 0 spiro atoms. The monoisotopic (exact) mass is 1040 g/mol. The number of rotatable bonds is 54. The van der Waals surface area contributed by atoms with Crippen LogP contribution in [0.3, 0.4) is 0 Å². The molecule has 0 aromatic carbocycles. The number of carbonyl (C=O) groups excluding carboxylic acids is 2. The lowest BCUT2D eigenvalue weighted by molar-refractivity contribution is -0.870. The summed E-state index contributed by atoms with van der Waals surface area (Å²) in [6.45, 7) is 6.70. The number of unbranched alkanes of at least 4 members (excludes halogenated alkanes) is 28. The standard InChI is InChI=1S/C63H115N2O7P/c1-7-10-13-16-19-22-25-28-30-31-32-33-34-35-36-37-40-43-46-49-52-55-62(66)64-60(59-71-73(68,69)70-58-57-65(4,5)6)61(54-51-48-45-42-39-27-24-21-18-15-12-9-3)72-63(67)56-53-50-47-44-41-38-29-26-23-20-17-14-11-8-2/h11,14,19-20,22-23,28,30,32-33,51,54,60-61H,7-10,12-13,15-18,21,24-27,29,31,34-50,52-53,55-59H2,1-6H3,(H-,64,66,68,69)/b14-11+,22-19-,23-20+,30-28-,33-32-,54-51-. The summed E-state index contributed by atoms with van der Waals surface area (Å²) in [7, 11) is 1.17. The van der Waals surface area contributed by atoms with Crippen molar-refractivity contribution in [3.8, 4) is 0 Å². The molecule has 9 nitrogen and oxygen atoms in total. The van der Waals surface area contributed by atoms with E-state index < -0.39 is 26.6 Å². The molecule has 0 aromatic heterocycles. The van der Waals surface area contributed by atoms with Gasteiger partial charge in [-0.15, -0.1) is 0 Å². The van der Waals surface area contributed by atoms with Crippen molar-refractivity contribution in [3.05, 3.63) is 72.9 Å². The van der Waals surface area contributed by atoms with Crippen molar-refractivity contribution < 1.29 is 37.3 Å². The molecule has 10 heteroatoms. The van der Waals surface area contributed by atoms with Gasteiger partial charge in [0.2, 0.25) is 5.91 Å². The molecule has 0 aliphatic heterocycles. The Morgan fingerprint density at radius 1 is 0.493 bits per heavy atom. The van der Waals surface area contributed by atoms with E-state index in [0.717, 1.165) is 109 Å². The van der Waals surface area contributed by atoms with Crippen LogP contribution in [0.25, 0.3) is 0 Å². The van der Waals surface area contributed by atoms with E-state index in [0.29, 0.717) is 17.4 Å². The van der Waals surface area contributed by atoms with Crippen LogP contribution in [-0.2, 0) is 27.9 Å². The Bertz CT molecular complexity index is 1480. The highest BCUT2D eigenvalue weighted by Gasteiger charge is 2.27. The number of nitrogens with zero attached hydrogens (tertiary/aromatic N) is 1. The Morgan fingerprint density at radius 2 is 0.877 bits per heavy atom. The van der Waals surface area contributed by atoms with Crippen LogP contribution in [-0.4, -0.2) is 69.4 Å². The van der Waals surface area contributed by atoms with Crippen molar-refractivity contribution >= 4 is 19.7 Å². The maximum atomic E-state index is 13.5. The van der Waals surface area contributed by atoms with Gasteiger partial charge >= 0.3 is 5.97 Å². The summed E-state index contributed by atoms with van der Waals surface area (Å²) in [4.78, 5) is 39.9. The number of carbonyl (C=O) groups is 2. The highest BCUT2D eigenvalue weighted by molar-refractivity contribution is 7.45. The third-order valence-corrected chi connectivity index (χ3v) is 14.1. The van der Waals surface area contributed by atoms with Gasteiger partial charge in [0.15, 0.2) is 0 Å². The number of esters is 1. The number of hydrogen-bond donors (Lipinski definition) is 1. The van der Waals surface area contributed by atoms with Crippen molar-refractivity contribution in [2.75, 3.05) is 40.9 Å². The second-order valence-corrected chi connectivity index (χ2v) is 22.9. The molecular formula is C63H115N2O7P. The number of amides is 1. The van der Waals surface area contributed by atoms with Gasteiger partial charge in [-0.25, -0.2) is 0 Å². The first-order chi connectivity index (χ1) is 35.4. The number of phosphoric acid groups is 1. The zero-order chi connectivity index (χ0) is 53.6. The van der Waals surface area contributed by atoms with E-state index in [-0.39, 0.29) is 24.9 Å². The Morgan fingerprint density at radius 3 is 1.34 bits per heavy atom. The number of ether oxygens (including phenoxy) is 1. The second-order valence-electron chi connectivity index (χ2n) is 21.5. The van der Waals surface area contributed by atoms with Crippen LogP contribution in [0.2, 0.25) is 0 Å². The number of quaternary nitrogens is 1. The minimum atomic E-state index is -4.70. The van der Waals surface area contributed by atoms with Gasteiger partial charge in [0.1, 0.15) is 19.3 Å². The van der Waals surface area contributed by atoms with Crippen LogP contribution in [0.1, 0.15) is 265 Å². The summed E-state index contributed by atoms with van der Waals surface area (Å²) < 4.78 is 30.3. The van der Waals surface area contributed by atoms with Gasteiger partial charge < -0.3 is 28.5 Å². The minimum absolute atomic E-state index is 0.0275. The smallest absolute Gasteiger partial charge is 0.306 e. The minimum Gasteiger partial charge on any atom is -0.756 e. The zero-order valence-corrected chi connectivity index (χ0v) is 49.2. The van der Waals surface area contributed by atoms with Crippen molar-refractivity contribution in [1.82, 2.24) is 5.32 Å². The molecule has 0 aliphatic rings. The van der Waals surface area contributed by atoms with E-state index in [9.17, 15) is 19.0 Å². The summed E-state index contributed by atoms with van der Waals surface area (Å²) in [5, 5.41) is 3.02. The zero-order valence-electron chi connectivity index (χ0n) is 48.3.